The van der Waals surface area contributed by atoms with E-state index in [9.17, 15) is 9.18 Å². The third-order valence-electron chi connectivity index (χ3n) is 2.87. The smallest absolute Gasteiger partial charge is 0.127 e. The molecule has 1 heterocycles. The van der Waals surface area contributed by atoms with E-state index in [1.54, 1.807) is 12.1 Å². The number of hydrogen-bond acceptors (Lipinski definition) is 2. The Morgan fingerprint density at radius 2 is 2.13 bits per heavy atom. The molecule has 1 aliphatic rings. The van der Waals surface area contributed by atoms with E-state index in [1.165, 1.54) is 12.1 Å². The lowest BCUT2D eigenvalue weighted by molar-refractivity contribution is -0.110. The maximum absolute atomic E-state index is 12.7. The molecule has 0 saturated carbocycles. The Hall–Kier alpha value is -1.22. The Morgan fingerprint density at radius 3 is 2.67 bits per heavy atom. The highest BCUT2D eigenvalue weighted by Crippen LogP contribution is 2.29. The Morgan fingerprint density at radius 1 is 1.40 bits per heavy atom. The van der Waals surface area contributed by atoms with Crippen molar-refractivity contribution in [1.82, 2.24) is 0 Å². The van der Waals surface area contributed by atoms with Gasteiger partial charge in [-0.2, -0.15) is 0 Å². The van der Waals surface area contributed by atoms with E-state index < -0.39 is 0 Å². The molecule has 1 fully saturated rings. The molecule has 2 nitrogen and oxygen atoms in total. The molecular formula is C12H13FO2. The van der Waals surface area contributed by atoms with Gasteiger partial charge in [-0.05, 0) is 30.0 Å². The molecule has 1 aliphatic heterocycles. The highest BCUT2D eigenvalue weighted by atomic mass is 19.1. The number of aldehydes is 1. The lowest BCUT2D eigenvalue weighted by Gasteiger charge is -2.16. The van der Waals surface area contributed by atoms with Crippen LogP contribution in [0.2, 0.25) is 0 Å². The number of carbonyl (C=O) groups is 1. The van der Waals surface area contributed by atoms with Gasteiger partial charge in [0.2, 0.25) is 0 Å². The molecule has 0 radical (unpaired) electrons. The van der Waals surface area contributed by atoms with Gasteiger partial charge in [0.05, 0.1) is 6.61 Å². The summed E-state index contributed by atoms with van der Waals surface area (Å²) in [6, 6.07) is 6.13. The first-order chi connectivity index (χ1) is 7.31. The quantitative estimate of drug-likeness (QED) is 0.711. The molecule has 1 aromatic rings. The molecule has 80 valence electrons. The molecule has 0 aliphatic carbocycles. The highest BCUT2D eigenvalue weighted by Gasteiger charge is 2.26. The third-order valence-corrected chi connectivity index (χ3v) is 2.87. The van der Waals surface area contributed by atoms with Crippen LogP contribution in [0.1, 0.15) is 17.9 Å². The molecule has 2 atom stereocenters. The zero-order valence-corrected chi connectivity index (χ0v) is 8.36. The number of halogens is 1. The summed E-state index contributed by atoms with van der Waals surface area (Å²) in [6.07, 6.45) is 1.84. The fourth-order valence-corrected chi connectivity index (χ4v) is 1.98. The summed E-state index contributed by atoms with van der Waals surface area (Å²) in [4.78, 5) is 11.0. The summed E-state index contributed by atoms with van der Waals surface area (Å²) in [6.45, 7) is 1.34. The van der Waals surface area contributed by atoms with Crippen LogP contribution in [0, 0.1) is 11.7 Å². The van der Waals surface area contributed by atoms with Gasteiger partial charge in [-0.25, -0.2) is 4.39 Å². The molecule has 2 unspecified atom stereocenters. The Bertz CT molecular complexity index is 328. The van der Waals surface area contributed by atoms with Crippen molar-refractivity contribution < 1.29 is 13.9 Å². The van der Waals surface area contributed by atoms with Gasteiger partial charge in [0.15, 0.2) is 0 Å². The second kappa shape index (κ2) is 4.53. The average molecular weight is 208 g/mol. The minimum absolute atomic E-state index is 0.159. The predicted octanol–water partition coefficient (Wildman–Crippen LogP) is 2.14. The number of rotatable bonds is 3. The number of benzene rings is 1. The minimum Gasteiger partial charge on any atom is -0.381 e. The van der Waals surface area contributed by atoms with E-state index in [0.29, 0.717) is 6.61 Å². The van der Waals surface area contributed by atoms with Crippen LogP contribution in [-0.4, -0.2) is 19.5 Å². The number of carbonyl (C=O) groups excluding carboxylic acids is 1. The van der Waals surface area contributed by atoms with Crippen molar-refractivity contribution in [3.05, 3.63) is 35.6 Å². The van der Waals surface area contributed by atoms with Crippen LogP contribution in [0.15, 0.2) is 24.3 Å². The van der Waals surface area contributed by atoms with E-state index >= 15 is 0 Å². The highest BCUT2D eigenvalue weighted by molar-refractivity contribution is 5.62. The van der Waals surface area contributed by atoms with E-state index in [2.05, 4.69) is 0 Å². The van der Waals surface area contributed by atoms with Gasteiger partial charge in [0, 0.05) is 12.5 Å². The van der Waals surface area contributed by atoms with Crippen LogP contribution in [-0.2, 0) is 9.53 Å². The van der Waals surface area contributed by atoms with Gasteiger partial charge in [0.1, 0.15) is 12.1 Å². The van der Waals surface area contributed by atoms with E-state index in [1.807, 2.05) is 0 Å². The molecule has 2 rings (SSSR count). The largest absolute Gasteiger partial charge is 0.381 e. The predicted molar refractivity (Wildman–Crippen MR) is 54.1 cm³/mol. The molecule has 0 spiro atoms. The topological polar surface area (TPSA) is 26.3 Å². The van der Waals surface area contributed by atoms with Crippen LogP contribution in [0.25, 0.3) is 0 Å². The Balaban J connectivity index is 2.18. The molecule has 0 amide bonds. The van der Waals surface area contributed by atoms with Gasteiger partial charge < -0.3 is 9.53 Å². The van der Waals surface area contributed by atoms with Crippen LogP contribution in [0.3, 0.4) is 0 Å². The van der Waals surface area contributed by atoms with Crippen molar-refractivity contribution in [3.63, 3.8) is 0 Å². The van der Waals surface area contributed by atoms with Crippen molar-refractivity contribution in [2.24, 2.45) is 5.92 Å². The molecule has 15 heavy (non-hydrogen) atoms. The summed E-state index contributed by atoms with van der Waals surface area (Å²) >= 11 is 0. The molecule has 0 N–H and O–H groups in total. The molecule has 0 aromatic heterocycles. The van der Waals surface area contributed by atoms with E-state index in [-0.39, 0.29) is 17.7 Å². The summed E-state index contributed by atoms with van der Waals surface area (Å²) < 4.78 is 18.0. The van der Waals surface area contributed by atoms with Crippen LogP contribution < -0.4 is 0 Å². The maximum atomic E-state index is 12.7. The van der Waals surface area contributed by atoms with Gasteiger partial charge >= 0.3 is 0 Å². The maximum Gasteiger partial charge on any atom is 0.127 e. The second-order valence-electron chi connectivity index (χ2n) is 3.84. The molecule has 1 saturated heterocycles. The van der Waals surface area contributed by atoms with Crippen molar-refractivity contribution in [2.75, 3.05) is 13.2 Å². The fourth-order valence-electron chi connectivity index (χ4n) is 1.98. The Kier molecular flexibility index (Phi) is 3.11. The molecule has 1 aromatic carbocycles. The lowest BCUT2D eigenvalue weighted by atomic mass is 9.87. The summed E-state index contributed by atoms with van der Waals surface area (Å²) in [5.41, 5.74) is 0.877. The van der Waals surface area contributed by atoms with Crippen LogP contribution >= 0.6 is 0 Å². The standard InChI is InChI=1S/C12H13FO2/c13-11-3-1-9(2-4-11)12(7-14)10-5-6-15-8-10/h1-4,7,10,12H,5-6,8H2. The van der Waals surface area contributed by atoms with Crippen molar-refractivity contribution in [1.29, 1.82) is 0 Å². The van der Waals surface area contributed by atoms with Gasteiger partial charge in [0.25, 0.3) is 0 Å². The minimum atomic E-state index is -0.272. The normalized spacial score (nSPS) is 22.6. The average Bonchev–Trinajstić information content (AvgIpc) is 2.75. The molecule has 0 bridgehead atoms. The van der Waals surface area contributed by atoms with Crippen LogP contribution in [0.5, 0.6) is 0 Å². The zero-order chi connectivity index (χ0) is 10.7. The second-order valence-corrected chi connectivity index (χ2v) is 3.84. The first kappa shape index (κ1) is 10.3. The van der Waals surface area contributed by atoms with Crippen LogP contribution in [0.4, 0.5) is 4.39 Å². The lowest BCUT2D eigenvalue weighted by Crippen LogP contribution is -2.14. The van der Waals surface area contributed by atoms with Gasteiger partial charge in [-0.15, -0.1) is 0 Å². The third kappa shape index (κ3) is 2.23. The van der Waals surface area contributed by atoms with E-state index in [0.717, 1.165) is 24.9 Å². The van der Waals surface area contributed by atoms with Crippen molar-refractivity contribution >= 4 is 6.29 Å². The first-order valence-electron chi connectivity index (χ1n) is 5.10. The van der Waals surface area contributed by atoms with Crippen molar-refractivity contribution in [3.8, 4) is 0 Å². The summed E-state index contributed by atoms with van der Waals surface area (Å²) in [5, 5.41) is 0. The summed E-state index contributed by atoms with van der Waals surface area (Å²) in [5.74, 6) is -0.188. The van der Waals surface area contributed by atoms with Crippen molar-refractivity contribution in [2.45, 2.75) is 12.3 Å². The zero-order valence-electron chi connectivity index (χ0n) is 8.36. The molecule has 3 heteroatoms. The number of ether oxygens (including phenoxy) is 1. The van der Waals surface area contributed by atoms with E-state index in [4.69, 9.17) is 4.74 Å². The molecular weight excluding hydrogens is 195 g/mol. The summed E-state index contributed by atoms with van der Waals surface area (Å²) in [7, 11) is 0. The Labute approximate surface area is 88.1 Å². The first-order valence-corrected chi connectivity index (χ1v) is 5.10. The van der Waals surface area contributed by atoms with Gasteiger partial charge in [-0.3, -0.25) is 0 Å². The number of hydrogen-bond donors (Lipinski definition) is 0. The van der Waals surface area contributed by atoms with Gasteiger partial charge in [-0.1, -0.05) is 12.1 Å². The SMILES string of the molecule is O=CC(c1ccc(F)cc1)C1CCOC1. The monoisotopic (exact) mass is 208 g/mol. The fraction of sp³-hybridized carbons (Fsp3) is 0.417.